The molecule has 25 heavy (non-hydrogen) atoms. The summed E-state index contributed by atoms with van der Waals surface area (Å²) in [6.45, 7) is 3.82. The molecule has 5 nitrogen and oxygen atoms in total. The van der Waals surface area contributed by atoms with Gasteiger partial charge >= 0.3 is 0 Å². The van der Waals surface area contributed by atoms with Gasteiger partial charge in [0.05, 0.1) is 11.8 Å². The average Bonchev–Trinajstić information content (AvgIpc) is 3.16. The van der Waals surface area contributed by atoms with Crippen LogP contribution < -0.4 is 4.90 Å². The van der Waals surface area contributed by atoms with Gasteiger partial charge in [-0.25, -0.2) is 0 Å². The van der Waals surface area contributed by atoms with Crippen molar-refractivity contribution in [2.24, 2.45) is 5.92 Å². The second kappa shape index (κ2) is 6.76. The highest BCUT2D eigenvalue weighted by Crippen LogP contribution is 2.41. The summed E-state index contributed by atoms with van der Waals surface area (Å²) in [5.41, 5.74) is 0.596. The number of halogens is 1. The third-order valence-corrected chi connectivity index (χ3v) is 4.27. The lowest BCUT2D eigenvalue weighted by molar-refractivity contribution is -0.118. The van der Waals surface area contributed by atoms with E-state index in [0.29, 0.717) is 16.5 Å². The molecule has 3 rings (SSSR count). The largest absolute Gasteiger partial charge is 0.503 e. The minimum atomic E-state index is -0.796. The summed E-state index contributed by atoms with van der Waals surface area (Å²) < 4.78 is 5.46. The van der Waals surface area contributed by atoms with E-state index in [2.05, 4.69) is 0 Å². The van der Waals surface area contributed by atoms with E-state index >= 15 is 0 Å². The third-order valence-electron chi connectivity index (χ3n) is 4.02. The first-order chi connectivity index (χ1) is 11.9. The molecule has 1 atom stereocenters. The summed E-state index contributed by atoms with van der Waals surface area (Å²) >= 11 is 5.92. The summed E-state index contributed by atoms with van der Waals surface area (Å²) in [6, 6.07) is 9.19. The number of ketones is 1. The van der Waals surface area contributed by atoms with Crippen molar-refractivity contribution in [3.63, 3.8) is 0 Å². The van der Waals surface area contributed by atoms with Crippen molar-refractivity contribution < 1.29 is 19.1 Å². The van der Waals surface area contributed by atoms with Gasteiger partial charge in [0.2, 0.25) is 0 Å². The molecule has 2 heterocycles. The first kappa shape index (κ1) is 17.3. The predicted octanol–water partition coefficient (Wildman–Crippen LogP) is 4.45. The molecule has 6 heteroatoms. The highest BCUT2D eigenvalue weighted by atomic mass is 35.5. The van der Waals surface area contributed by atoms with Gasteiger partial charge in [-0.3, -0.25) is 14.5 Å². The minimum absolute atomic E-state index is 0.0728. The molecule has 1 unspecified atom stereocenters. The molecule has 0 saturated carbocycles. The number of carbonyl (C=O) groups is 2. The Labute approximate surface area is 150 Å². The number of carbonyl (C=O) groups excluding carboxylic acids is 2. The zero-order chi connectivity index (χ0) is 18.1. The molecule has 0 fully saturated rings. The fourth-order valence-corrected chi connectivity index (χ4v) is 3.08. The van der Waals surface area contributed by atoms with Gasteiger partial charge in [-0.1, -0.05) is 25.4 Å². The minimum Gasteiger partial charge on any atom is -0.503 e. The van der Waals surface area contributed by atoms with Crippen molar-refractivity contribution in [1.29, 1.82) is 0 Å². The maximum absolute atomic E-state index is 12.7. The van der Waals surface area contributed by atoms with Crippen molar-refractivity contribution in [3.8, 4) is 0 Å². The number of anilines is 1. The number of benzene rings is 1. The number of nitrogens with zero attached hydrogens (tertiary/aromatic N) is 1. The molecule has 1 amide bonds. The number of furan rings is 1. The zero-order valence-electron chi connectivity index (χ0n) is 13.9. The molecular formula is C19H18ClNO4. The molecule has 2 aromatic rings. The Kier molecular flexibility index (Phi) is 4.68. The lowest BCUT2D eigenvalue weighted by atomic mass is 9.95. The quantitative estimate of drug-likeness (QED) is 0.856. The zero-order valence-corrected chi connectivity index (χ0v) is 14.7. The average molecular weight is 360 g/mol. The van der Waals surface area contributed by atoms with Gasteiger partial charge in [0.15, 0.2) is 11.5 Å². The fourth-order valence-electron chi connectivity index (χ4n) is 2.95. The van der Waals surface area contributed by atoms with Crippen molar-refractivity contribution >= 4 is 29.0 Å². The first-order valence-electron chi connectivity index (χ1n) is 7.99. The molecule has 130 valence electrons. The Bertz CT molecular complexity index is 822. The van der Waals surface area contributed by atoms with E-state index < -0.39 is 17.7 Å². The molecule has 0 bridgehead atoms. The molecule has 1 aromatic heterocycles. The van der Waals surface area contributed by atoms with Crippen LogP contribution in [0.15, 0.2) is 58.4 Å². The van der Waals surface area contributed by atoms with Crippen LogP contribution >= 0.6 is 11.6 Å². The number of rotatable bonds is 5. The van der Waals surface area contributed by atoms with Gasteiger partial charge in [0, 0.05) is 17.1 Å². The molecule has 0 spiro atoms. The monoisotopic (exact) mass is 359 g/mol. The van der Waals surface area contributed by atoms with Crippen LogP contribution in [0.4, 0.5) is 5.69 Å². The first-order valence-corrected chi connectivity index (χ1v) is 8.36. The van der Waals surface area contributed by atoms with Gasteiger partial charge in [0.25, 0.3) is 5.91 Å². The second-order valence-corrected chi connectivity index (χ2v) is 6.79. The summed E-state index contributed by atoms with van der Waals surface area (Å²) in [4.78, 5) is 26.7. The lowest BCUT2D eigenvalue weighted by Crippen LogP contribution is -2.30. The summed E-state index contributed by atoms with van der Waals surface area (Å²) in [5, 5.41) is 10.9. The Balaban J connectivity index is 2.09. The van der Waals surface area contributed by atoms with Crippen LogP contribution in [0.2, 0.25) is 5.02 Å². The Morgan fingerprint density at radius 1 is 1.28 bits per heavy atom. The second-order valence-electron chi connectivity index (χ2n) is 6.35. The maximum Gasteiger partial charge on any atom is 0.294 e. The summed E-state index contributed by atoms with van der Waals surface area (Å²) in [6.07, 6.45) is 1.71. The molecule has 1 aliphatic heterocycles. The molecule has 1 aromatic carbocycles. The topological polar surface area (TPSA) is 70.8 Å². The summed E-state index contributed by atoms with van der Waals surface area (Å²) in [5.74, 6) is -0.902. The van der Waals surface area contributed by atoms with Crippen LogP contribution in [0, 0.1) is 5.92 Å². The Morgan fingerprint density at radius 3 is 2.52 bits per heavy atom. The van der Waals surface area contributed by atoms with E-state index in [9.17, 15) is 14.7 Å². The predicted molar refractivity (Wildman–Crippen MR) is 94.5 cm³/mol. The highest BCUT2D eigenvalue weighted by Gasteiger charge is 2.45. The van der Waals surface area contributed by atoms with E-state index in [0.717, 1.165) is 0 Å². The van der Waals surface area contributed by atoms with E-state index in [1.807, 2.05) is 13.8 Å². The molecule has 0 aliphatic carbocycles. The number of hydrogen-bond acceptors (Lipinski definition) is 4. The number of hydrogen-bond donors (Lipinski definition) is 1. The molecule has 0 saturated heterocycles. The van der Waals surface area contributed by atoms with E-state index in [1.165, 1.54) is 11.2 Å². The smallest absolute Gasteiger partial charge is 0.294 e. The van der Waals surface area contributed by atoms with E-state index in [4.69, 9.17) is 16.0 Å². The van der Waals surface area contributed by atoms with Gasteiger partial charge in [0.1, 0.15) is 11.8 Å². The van der Waals surface area contributed by atoms with Crippen molar-refractivity contribution in [2.75, 3.05) is 4.90 Å². The van der Waals surface area contributed by atoms with E-state index in [1.54, 1.807) is 36.4 Å². The van der Waals surface area contributed by atoms with Gasteiger partial charge in [-0.15, -0.1) is 0 Å². The standard InChI is InChI=1S/C19H18ClNO4/c1-11(2)10-14(22)16-17(15-4-3-9-25-15)21(19(24)18(16)23)13-7-5-12(20)6-8-13/h3-9,11,17,23H,10H2,1-2H3. The van der Waals surface area contributed by atoms with Crippen molar-refractivity contribution in [1.82, 2.24) is 0 Å². The fraction of sp³-hybridized carbons (Fsp3) is 0.263. The lowest BCUT2D eigenvalue weighted by Gasteiger charge is -2.25. The number of amides is 1. The highest BCUT2D eigenvalue weighted by molar-refractivity contribution is 6.30. The Morgan fingerprint density at radius 2 is 1.96 bits per heavy atom. The molecular weight excluding hydrogens is 342 g/mol. The SMILES string of the molecule is CC(C)CC(=O)C1=C(O)C(=O)N(c2ccc(Cl)cc2)C1c1ccco1. The van der Waals surface area contributed by atoms with Gasteiger partial charge in [-0.2, -0.15) is 0 Å². The normalized spacial score (nSPS) is 17.7. The number of Topliss-reactive ketones (excluding diaryl/α,β-unsaturated/α-hetero) is 1. The third kappa shape index (κ3) is 3.20. The summed E-state index contributed by atoms with van der Waals surface area (Å²) in [7, 11) is 0. The molecule has 0 radical (unpaired) electrons. The van der Waals surface area contributed by atoms with Gasteiger partial charge in [-0.05, 0) is 42.3 Å². The van der Waals surface area contributed by atoms with Crippen molar-refractivity contribution in [2.45, 2.75) is 26.3 Å². The van der Waals surface area contributed by atoms with Crippen molar-refractivity contribution in [3.05, 3.63) is 64.8 Å². The van der Waals surface area contributed by atoms with Crippen LogP contribution in [0.25, 0.3) is 0 Å². The number of aliphatic hydroxyl groups excluding tert-OH is 1. The van der Waals surface area contributed by atoms with Crippen LogP contribution in [-0.2, 0) is 9.59 Å². The van der Waals surface area contributed by atoms with Crippen LogP contribution in [0.5, 0.6) is 0 Å². The van der Waals surface area contributed by atoms with Crippen LogP contribution in [0.1, 0.15) is 32.1 Å². The van der Waals surface area contributed by atoms with Crippen LogP contribution in [0.3, 0.4) is 0 Å². The number of aliphatic hydroxyl groups is 1. The molecule has 1 N–H and O–H groups in total. The van der Waals surface area contributed by atoms with Gasteiger partial charge < -0.3 is 9.52 Å². The maximum atomic E-state index is 12.7. The Hall–Kier alpha value is -2.53. The van der Waals surface area contributed by atoms with E-state index in [-0.39, 0.29) is 23.7 Å². The molecule has 1 aliphatic rings. The van der Waals surface area contributed by atoms with Crippen LogP contribution in [-0.4, -0.2) is 16.8 Å².